The van der Waals surface area contributed by atoms with Crippen molar-refractivity contribution in [3.8, 4) is 0 Å². The van der Waals surface area contributed by atoms with E-state index in [1.807, 2.05) is 0 Å². The van der Waals surface area contributed by atoms with Crippen molar-refractivity contribution < 1.29 is 14.3 Å². The standard InChI is InChI=1S/C9H7FO2.ClH/c10-8-4-1-7(2-5-8)3-6-9(11)12;/h1-6H,(H,11,12);1H. The van der Waals surface area contributed by atoms with Gasteiger partial charge in [-0.25, -0.2) is 9.18 Å². The Labute approximate surface area is 81.1 Å². The molecule has 0 aromatic heterocycles. The molecule has 0 fully saturated rings. The van der Waals surface area contributed by atoms with Gasteiger partial charge in [-0.05, 0) is 23.8 Å². The molecule has 0 bridgehead atoms. The SMILES string of the molecule is Cl.O=C(O)C=Cc1ccc(F)cc1. The van der Waals surface area contributed by atoms with Gasteiger partial charge >= 0.3 is 5.97 Å². The second kappa shape index (κ2) is 5.32. The lowest BCUT2D eigenvalue weighted by molar-refractivity contribution is -0.131. The Kier molecular flexibility index (Phi) is 4.77. The Morgan fingerprint density at radius 2 is 1.85 bits per heavy atom. The third-order valence-electron chi connectivity index (χ3n) is 1.29. The highest BCUT2D eigenvalue weighted by atomic mass is 35.5. The van der Waals surface area contributed by atoms with Gasteiger partial charge in [0.15, 0.2) is 0 Å². The van der Waals surface area contributed by atoms with Gasteiger partial charge in [0.25, 0.3) is 0 Å². The van der Waals surface area contributed by atoms with E-state index in [4.69, 9.17) is 5.11 Å². The number of rotatable bonds is 2. The minimum atomic E-state index is -1.01. The van der Waals surface area contributed by atoms with Crippen molar-refractivity contribution >= 4 is 24.5 Å². The molecule has 0 aliphatic heterocycles. The Hall–Kier alpha value is -1.35. The monoisotopic (exact) mass is 202 g/mol. The van der Waals surface area contributed by atoms with Crippen LogP contribution in [0.4, 0.5) is 4.39 Å². The highest BCUT2D eigenvalue weighted by Crippen LogP contribution is 2.03. The van der Waals surface area contributed by atoms with E-state index >= 15 is 0 Å². The second-order valence-corrected chi connectivity index (χ2v) is 2.22. The highest BCUT2D eigenvalue weighted by Gasteiger charge is 1.90. The maximum absolute atomic E-state index is 12.3. The summed E-state index contributed by atoms with van der Waals surface area (Å²) < 4.78 is 12.3. The van der Waals surface area contributed by atoms with Gasteiger partial charge in [-0.3, -0.25) is 0 Å². The summed E-state index contributed by atoms with van der Waals surface area (Å²) in [5.74, 6) is -1.35. The summed E-state index contributed by atoms with van der Waals surface area (Å²) >= 11 is 0. The summed E-state index contributed by atoms with van der Waals surface area (Å²) in [5, 5.41) is 8.27. The van der Waals surface area contributed by atoms with E-state index in [2.05, 4.69) is 0 Å². The van der Waals surface area contributed by atoms with Gasteiger partial charge < -0.3 is 5.11 Å². The Bertz CT molecular complexity index is 306. The van der Waals surface area contributed by atoms with Gasteiger partial charge in [-0.15, -0.1) is 12.4 Å². The lowest BCUT2D eigenvalue weighted by atomic mass is 10.2. The molecular weight excluding hydrogens is 195 g/mol. The van der Waals surface area contributed by atoms with Crippen molar-refractivity contribution in [2.24, 2.45) is 0 Å². The van der Waals surface area contributed by atoms with Crippen molar-refractivity contribution in [3.05, 3.63) is 41.7 Å². The maximum atomic E-state index is 12.3. The molecule has 4 heteroatoms. The third-order valence-corrected chi connectivity index (χ3v) is 1.29. The molecule has 1 aromatic rings. The third kappa shape index (κ3) is 4.28. The first-order valence-electron chi connectivity index (χ1n) is 3.35. The lowest BCUT2D eigenvalue weighted by Crippen LogP contribution is -1.85. The van der Waals surface area contributed by atoms with Gasteiger partial charge in [0.2, 0.25) is 0 Å². The predicted molar refractivity (Wildman–Crippen MR) is 50.3 cm³/mol. The van der Waals surface area contributed by atoms with E-state index in [0.29, 0.717) is 5.56 Å². The van der Waals surface area contributed by atoms with Crippen LogP contribution in [0.5, 0.6) is 0 Å². The van der Waals surface area contributed by atoms with E-state index in [-0.39, 0.29) is 18.2 Å². The summed E-state index contributed by atoms with van der Waals surface area (Å²) in [4.78, 5) is 10.1. The molecule has 1 N–H and O–H groups in total. The van der Waals surface area contributed by atoms with Gasteiger partial charge in [0.1, 0.15) is 5.82 Å². The van der Waals surface area contributed by atoms with Crippen LogP contribution in [0.1, 0.15) is 5.56 Å². The van der Waals surface area contributed by atoms with Crippen LogP contribution in [0.15, 0.2) is 30.3 Å². The smallest absolute Gasteiger partial charge is 0.328 e. The highest BCUT2D eigenvalue weighted by molar-refractivity contribution is 5.85. The van der Waals surface area contributed by atoms with E-state index in [1.165, 1.54) is 30.3 Å². The van der Waals surface area contributed by atoms with Crippen LogP contribution >= 0.6 is 12.4 Å². The topological polar surface area (TPSA) is 37.3 Å². The summed E-state index contributed by atoms with van der Waals surface area (Å²) in [6.07, 6.45) is 2.41. The fraction of sp³-hybridized carbons (Fsp3) is 0. The van der Waals surface area contributed by atoms with Gasteiger partial charge in [-0.1, -0.05) is 12.1 Å². The van der Waals surface area contributed by atoms with E-state index < -0.39 is 5.97 Å². The van der Waals surface area contributed by atoms with E-state index in [9.17, 15) is 9.18 Å². The molecule has 2 nitrogen and oxygen atoms in total. The first-order chi connectivity index (χ1) is 5.68. The minimum absolute atomic E-state index is 0. The maximum Gasteiger partial charge on any atom is 0.328 e. The fourth-order valence-electron chi connectivity index (χ4n) is 0.741. The molecule has 0 heterocycles. The minimum Gasteiger partial charge on any atom is -0.478 e. The normalized spacial score (nSPS) is 9.62. The fourth-order valence-corrected chi connectivity index (χ4v) is 0.741. The zero-order valence-corrected chi connectivity index (χ0v) is 7.42. The average Bonchev–Trinajstić information content (AvgIpc) is 2.03. The number of benzene rings is 1. The summed E-state index contributed by atoms with van der Waals surface area (Å²) in [6, 6.07) is 5.58. The number of carboxylic acid groups (broad SMARTS) is 1. The molecule has 0 aliphatic carbocycles. The Morgan fingerprint density at radius 3 is 2.31 bits per heavy atom. The number of carboxylic acids is 1. The zero-order valence-electron chi connectivity index (χ0n) is 6.61. The molecule has 0 amide bonds. The quantitative estimate of drug-likeness (QED) is 0.748. The summed E-state index contributed by atoms with van der Waals surface area (Å²) in [7, 11) is 0. The average molecular weight is 203 g/mol. The van der Waals surface area contributed by atoms with Crippen molar-refractivity contribution in [1.82, 2.24) is 0 Å². The number of halogens is 2. The molecular formula is C9H8ClFO2. The van der Waals surface area contributed by atoms with Gasteiger partial charge in [0.05, 0.1) is 0 Å². The molecule has 0 spiro atoms. The molecule has 0 radical (unpaired) electrons. The van der Waals surface area contributed by atoms with Crippen molar-refractivity contribution in [2.45, 2.75) is 0 Å². The van der Waals surface area contributed by atoms with Crippen LogP contribution in [-0.4, -0.2) is 11.1 Å². The molecule has 0 aliphatic rings. The van der Waals surface area contributed by atoms with Crippen LogP contribution in [-0.2, 0) is 4.79 Å². The number of hydrogen-bond donors (Lipinski definition) is 1. The van der Waals surface area contributed by atoms with Crippen LogP contribution in [0.2, 0.25) is 0 Å². The van der Waals surface area contributed by atoms with Gasteiger partial charge in [0, 0.05) is 6.08 Å². The molecule has 70 valence electrons. The number of hydrogen-bond acceptors (Lipinski definition) is 1. The lowest BCUT2D eigenvalue weighted by Gasteiger charge is -1.90. The van der Waals surface area contributed by atoms with Crippen molar-refractivity contribution in [1.29, 1.82) is 0 Å². The second-order valence-electron chi connectivity index (χ2n) is 2.22. The molecule has 1 aromatic carbocycles. The number of carbonyl (C=O) groups is 1. The Balaban J connectivity index is 0.00000144. The molecule has 0 saturated carbocycles. The van der Waals surface area contributed by atoms with Crippen molar-refractivity contribution in [2.75, 3.05) is 0 Å². The first kappa shape index (κ1) is 11.6. The van der Waals surface area contributed by atoms with Crippen molar-refractivity contribution in [3.63, 3.8) is 0 Å². The zero-order chi connectivity index (χ0) is 8.97. The first-order valence-corrected chi connectivity index (χ1v) is 3.35. The molecule has 1 rings (SSSR count). The summed E-state index contributed by atoms with van der Waals surface area (Å²) in [6.45, 7) is 0. The van der Waals surface area contributed by atoms with E-state index in [1.54, 1.807) is 0 Å². The summed E-state index contributed by atoms with van der Waals surface area (Å²) in [5.41, 5.74) is 0.666. The van der Waals surface area contributed by atoms with Crippen LogP contribution < -0.4 is 0 Å². The van der Waals surface area contributed by atoms with Crippen LogP contribution in [0, 0.1) is 5.82 Å². The Morgan fingerprint density at radius 1 is 1.31 bits per heavy atom. The van der Waals surface area contributed by atoms with Gasteiger partial charge in [-0.2, -0.15) is 0 Å². The van der Waals surface area contributed by atoms with E-state index in [0.717, 1.165) is 6.08 Å². The molecule has 13 heavy (non-hydrogen) atoms. The predicted octanol–water partition coefficient (Wildman–Crippen LogP) is 2.35. The van der Waals surface area contributed by atoms with Crippen LogP contribution in [0.3, 0.4) is 0 Å². The van der Waals surface area contributed by atoms with Crippen LogP contribution in [0.25, 0.3) is 6.08 Å². The number of aliphatic carboxylic acids is 1. The molecule has 0 atom stereocenters. The molecule has 0 unspecified atom stereocenters. The largest absolute Gasteiger partial charge is 0.478 e. The molecule has 0 saturated heterocycles.